The molecular formula is C28H32N4O3. The van der Waals surface area contributed by atoms with E-state index in [0.29, 0.717) is 6.61 Å². The Hall–Kier alpha value is -3.71. The maximum Gasteiger partial charge on any atom is 0.144 e. The molecule has 0 fully saturated rings. The number of rotatable bonds is 9. The molecule has 182 valence electrons. The van der Waals surface area contributed by atoms with Crippen LogP contribution in [0.5, 0.6) is 11.5 Å². The van der Waals surface area contributed by atoms with Crippen molar-refractivity contribution in [1.82, 2.24) is 9.97 Å². The summed E-state index contributed by atoms with van der Waals surface area (Å²) in [5.41, 5.74) is 7.13. The lowest BCUT2D eigenvalue weighted by atomic mass is 9.92. The number of aromatic amines is 1. The Bertz CT molecular complexity index is 1320. The number of aliphatic hydroxyl groups is 1. The van der Waals surface area contributed by atoms with Gasteiger partial charge in [-0.25, -0.2) is 0 Å². The summed E-state index contributed by atoms with van der Waals surface area (Å²) in [6, 6.07) is 14.2. The number of anilines is 3. The molecule has 2 heterocycles. The van der Waals surface area contributed by atoms with Crippen LogP contribution in [-0.4, -0.2) is 35.3 Å². The van der Waals surface area contributed by atoms with Gasteiger partial charge in [-0.15, -0.1) is 0 Å². The number of fused-ring (bicyclic) bond motifs is 2. The minimum atomic E-state index is -0.481. The second-order valence-electron chi connectivity index (χ2n) is 8.80. The Kier molecular flexibility index (Phi) is 6.77. The molecule has 0 amide bonds. The number of aliphatic hydroxyl groups excluding tert-OH is 1. The highest BCUT2D eigenvalue weighted by molar-refractivity contribution is 5.84. The number of nitrogens with one attached hydrogen (secondary N) is 3. The number of pyridine rings is 1. The van der Waals surface area contributed by atoms with E-state index < -0.39 is 6.10 Å². The number of ether oxygens (including phenoxy) is 2. The molecule has 0 bridgehead atoms. The van der Waals surface area contributed by atoms with Crippen LogP contribution in [-0.2, 0) is 12.8 Å². The van der Waals surface area contributed by atoms with Gasteiger partial charge in [-0.2, -0.15) is 0 Å². The minimum Gasteiger partial charge on any atom is -0.497 e. The van der Waals surface area contributed by atoms with Crippen molar-refractivity contribution < 1.29 is 14.6 Å². The van der Waals surface area contributed by atoms with E-state index in [1.807, 2.05) is 31.2 Å². The molecule has 35 heavy (non-hydrogen) atoms. The lowest BCUT2D eigenvalue weighted by Gasteiger charge is -2.23. The van der Waals surface area contributed by atoms with Gasteiger partial charge in [0.25, 0.3) is 0 Å². The fourth-order valence-electron chi connectivity index (χ4n) is 4.79. The van der Waals surface area contributed by atoms with Crippen molar-refractivity contribution in [1.29, 1.82) is 0 Å². The van der Waals surface area contributed by atoms with E-state index in [-0.39, 0.29) is 0 Å². The molecule has 1 aliphatic rings. The van der Waals surface area contributed by atoms with Gasteiger partial charge in [-0.1, -0.05) is 0 Å². The van der Waals surface area contributed by atoms with Crippen LogP contribution in [0.25, 0.3) is 10.9 Å². The minimum absolute atomic E-state index is 0.481. The van der Waals surface area contributed by atoms with Crippen molar-refractivity contribution in [2.45, 2.75) is 38.7 Å². The standard InChI is InChI=1S/C28H32N4O3/c1-3-35-27-15-19(32-23-12-14-30-28-22(23)5-4-6-26(28)33)7-10-24(27)29-13-11-18-17-31-25-16-20(34-2)8-9-21(18)25/h7-10,12,14-17,26,29,31,33H,3-6,11,13H2,1-2H3,(H,30,32). The highest BCUT2D eigenvalue weighted by Gasteiger charge is 2.22. The van der Waals surface area contributed by atoms with Crippen molar-refractivity contribution >= 4 is 28.0 Å². The summed E-state index contributed by atoms with van der Waals surface area (Å²) >= 11 is 0. The highest BCUT2D eigenvalue weighted by atomic mass is 16.5. The maximum absolute atomic E-state index is 10.3. The number of benzene rings is 2. The van der Waals surface area contributed by atoms with Gasteiger partial charge in [0, 0.05) is 53.3 Å². The molecular weight excluding hydrogens is 440 g/mol. The van der Waals surface area contributed by atoms with Crippen LogP contribution >= 0.6 is 0 Å². The van der Waals surface area contributed by atoms with Crippen molar-refractivity contribution in [3.8, 4) is 11.5 Å². The van der Waals surface area contributed by atoms with Gasteiger partial charge < -0.3 is 30.2 Å². The van der Waals surface area contributed by atoms with Gasteiger partial charge in [0.2, 0.25) is 0 Å². The fraction of sp³-hybridized carbons (Fsp3) is 0.321. The van der Waals surface area contributed by atoms with E-state index >= 15 is 0 Å². The van der Waals surface area contributed by atoms with Crippen molar-refractivity contribution in [3.63, 3.8) is 0 Å². The fourth-order valence-corrected chi connectivity index (χ4v) is 4.79. The third-order valence-electron chi connectivity index (χ3n) is 6.55. The maximum atomic E-state index is 10.3. The molecule has 1 atom stereocenters. The zero-order valence-electron chi connectivity index (χ0n) is 20.2. The Morgan fingerprint density at radius 3 is 2.91 bits per heavy atom. The van der Waals surface area contributed by atoms with Gasteiger partial charge in [-0.3, -0.25) is 4.98 Å². The normalized spacial score (nSPS) is 15.0. The molecule has 4 aromatic rings. The van der Waals surface area contributed by atoms with Crippen molar-refractivity contribution in [2.24, 2.45) is 0 Å². The summed E-state index contributed by atoms with van der Waals surface area (Å²) in [7, 11) is 1.68. The number of aromatic nitrogens is 2. The summed E-state index contributed by atoms with van der Waals surface area (Å²) in [4.78, 5) is 7.75. The predicted molar refractivity (Wildman–Crippen MR) is 140 cm³/mol. The van der Waals surface area contributed by atoms with Gasteiger partial charge in [-0.05, 0) is 74.1 Å². The molecule has 0 spiro atoms. The summed E-state index contributed by atoms with van der Waals surface area (Å²) in [6.45, 7) is 3.35. The largest absolute Gasteiger partial charge is 0.497 e. The predicted octanol–water partition coefficient (Wildman–Crippen LogP) is 5.74. The van der Waals surface area contributed by atoms with Crippen LogP contribution in [0.2, 0.25) is 0 Å². The topological polar surface area (TPSA) is 91.4 Å². The van der Waals surface area contributed by atoms with E-state index in [2.05, 4.69) is 45.0 Å². The first-order valence-electron chi connectivity index (χ1n) is 12.2. The Labute approximate surface area is 205 Å². The van der Waals surface area contributed by atoms with Crippen LogP contribution in [0.15, 0.2) is 54.9 Å². The molecule has 2 aromatic heterocycles. The van der Waals surface area contributed by atoms with E-state index in [9.17, 15) is 5.11 Å². The molecule has 0 radical (unpaired) electrons. The third kappa shape index (κ3) is 4.91. The number of H-pyrrole nitrogens is 1. The van der Waals surface area contributed by atoms with Crippen LogP contribution in [0.4, 0.5) is 17.1 Å². The first kappa shape index (κ1) is 23.1. The molecule has 0 aliphatic heterocycles. The molecule has 7 nitrogen and oxygen atoms in total. The highest BCUT2D eigenvalue weighted by Crippen LogP contribution is 2.35. The van der Waals surface area contributed by atoms with Gasteiger partial charge in [0.15, 0.2) is 0 Å². The number of methoxy groups -OCH3 is 1. The number of nitrogens with zero attached hydrogens (tertiary/aromatic N) is 1. The number of hydrogen-bond acceptors (Lipinski definition) is 6. The van der Waals surface area contributed by atoms with E-state index in [1.54, 1.807) is 13.3 Å². The molecule has 2 aromatic carbocycles. The molecule has 1 unspecified atom stereocenters. The average Bonchev–Trinajstić information content (AvgIpc) is 3.28. The number of hydrogen-bond donors (Lipinski definition) is 4. The van der Waals surface area contributed by atoms with Gasteiger partial charge in [0.1, 0.15) is 11.5 Å². The van der Waals surface area contributed by atoms with Gasteiger partial charge >= 0.3 is 0 Å². The summed E-state index contributed by atoms with van der Waals surface area (Å²) < 4.78 is 11.3. The zero-order chi connectivity index (χ0) is 24.2. The Morgan fingerprint density at radius 2 is 2.06 bits per heavy atom. The third-order valence-corrected chi connectivity index (χ3v) is 6.55. The van der Waals surface area contributed by atoms with Crippen LogP contribution in [0.1, 0.15) is 42.7 Å². The van der Waals surface area contributed by atoms with Gasteiger partial charge in [0.05, 0.1) is 31.2 Å². The van der Waals surface area contributed by atoms with E-state index in [1.165, 1.54) is 10.9 Å². The van der Waals surface area contributed by atoms with E-state index in [0.717, 1.165) is 77.6 Å². The smallest absolute Gasteiger partial charge is 0.144 e. The second kappa shape index (κ2) is 10.3. The van der Waals surface area contributed by atoms with E-state index in [4.69, 9.17) is 9.47 Å². The Balaban J connectivity index is 1.29. The lowest BCUT2D eigenvalue weighted by molar-refractivity contribution is 0.151. The second-order valence-corrected chi connectivity index (χ2v) is 8.80. The quantitative estimate of drug-likeness (QED) is 0.248. The molecule has 7 heteroatoms. The summed E-state index contributed by atoms with van der Waals surface area (Å²) in [5.74, 6) is 1.66. The molecule has 4 N–H and O–H groups in total. The lowest BCUT2D eigenvalue weighted by Crippen LogP contribution is -2.13. The molecule has 0 saturated carbocycles. The van der Waals surface area contributed by atoms with Crippen LogP contribution in [0.3, 0.4) is 0 Å². The van der Waals surface area contributed by atoms with Crippen molar-refractivity contribution in [2.75, 3.05) is 30.9 Å². The first-order valence-corrected chi connectivity index (χ1v) is 12.2. The summed E-state index contributed by atoms with van der Waals surface area (Å²) in [6.07, 6.45) is 6.87. The SMILES string of the molecule is CCOc1cc(Nc2ccnc3c2CCCC3O)ccc1NCCc1c[nH]c2cc(OC)ccc12. The summed E-state index contributed by atoms with van der Waals surface area (Å²) in [5, 5.41) is 18.6. The van der Waals surface area contributed by atoms with Crippen molar-refractivity contribution in [3.05, 3.63) is 71.7 Å². The monoisotopic (exact) mass is 472 g/mol. The molecule has 0 saturated heterocycles. The first-order chi connectivity index (χ1) is 17.2. The molecule has 1 aliphatic carbocycles. The average molecular weight is 473 g/mol. The van der Waals surface area contributed by atoms with Crippen LogP contribution < -0.4 is 20.1 Å². The Morgan fingerprint density at radius 1 is 1.14 bits per heavy atom. The molecule has 5 rings (SSSR count). The zero-order valence-corrected chi connectivity index (χ0v) is 20.2. The van der Waals surface area contributed by atoms with Crippen LogP contribution in [0, 0.1) is 0 Å².